The Hall–Kier alpha value is -3.93. The molecule has 0 aromatic heterocycles. The van der Waals surface area contributed by atoms with Crippen molar-refractivity contribution in [1.29, 1.82) is 0 Å². The van der Waals surface area contributed by atoms with E-state index in [0.29, 0.717) is 61.9 Å². The first-order valence-electron chi connectivity index (χ1n) is 20.6. The minimum atomic E-state index is -1.62. The minimum absolute atomic E-state index is 0. The number of halogens is 6. The number of rotatable bonds is 9. The molecule has 0 bridgehead atoms. The first kappa shape index (κ1) is 49.5. The van der Waals surface area contributed by atoms with E-state index >= 15 is 0 Å². The number of β-amino-alcohol motifs (C(OH)–C–C–N with tert-alkyl or cyclic N) is 1. The third-order valence-electron chi connectivity index (χ3n) is 11.8. The van der Waals surface area contributed by atoms with Crippen molar-refractivity contribution < 1.29 is 15.0 Å². The largest absolute Gasteiger partial charge is 0.384 e. The van der Waals surface area contributed by atoms with Crippen LogP contribution >= 0.6 is 69.6 Å². The second-order valence-corrected chi connectivity index (χ2v) is 18.8. The average Bonchev–Trinajstić information content (AvgIpc) is 3.27. The van der Waals surface area contributed by atoms with Gasteiger partial charge in [0.15, 0.2) is 5.60 Å². The zero-order chi connectivity index (χ0) is 44.9. The fourth-order valence-electron chi connectivity index (χ4n) is 8.41. The van der Waals surface area contributed by atoms with Crippen molar-refractivity contribution in [2.45, 2.75) is 37.1 Å². The molecule has 331 valence electrons. The van der Waals surface area contributed by atoms with Crippen LogP contribution < -0.4 is 9.80 Å². The molecule has 2 heterocycles. The zero-order valence-corrected chi connectivity index (χ0v) is 39.9. The fourth-order valence-corrected chi connectivity index (χ4v) is 9.70. The Morgan fingerprint density at radius 2 is 0.969 bits per heavy atom. The Bertz CT molecular complexity index is 2480. The summed E-state index contributed by atoms with van der Waals surface area (Å²) in [5, 5.41) is 26.0. The van der Waals surface area contributed by atoms with Crippen LogP contribution in [0.1, 0.15) is 48.2 Å². The number of piperazine rings is 2. The molecular formula is C50H48BCl6N4O3. The lowest BCUT2D eigenvalue weighted by Gasteiger charge is -2.45. The van der Waals surface area contributed by atoms with Crippen LogP contribution in [0.15, 0.2) is 146 Å². The highest BCUT2D eigenvalue weighted by Gasteiger charge is 2.40. The quantitative estimate of drug-likeness (QED) is 0.141. The molecule has 0 unspecified atom stereocenters. The third kappa shape index (κ3) is 11.7. The number of amides is 1. The highest BCUT2D eigenvalue weighted by atomic mass is 35.5. The topological polar surface area (TPSA) is 70.5 Å². The average molecular weight is 976 g/mol. The van der Waals surface area contributed by atoms with Gasteiger partial charge >= 0.3 is 0 Å². The van der Waals surface area contributed by atoms with Crippen LogP contribution in [0.25, 0.3) is 0 Å². The summed E-state index contributed by atoms with van der Waals surface area (Å²) >= 11 is 37.6. The van der Waals surface area contributed by atoms with E-state index in [1.165, 1.54) is 0 Å². The first-order chi connectivity index (χ1) is 30.1. The van der Waals surface area contributed by atoms with E-state index < -0.39 is 11.2 Å². The van der Waals surface area contributed by atoms with Crippen molar-refractivity contribution in [2.24, 2.45) is 0 Å². The van der Waals surface area contributed by atoms with Crippen LogP contribution in [0.3, 0.4) is 0 Å². The number of carbonyl (C=O) groups is 1. The molecule has 2 aliphatic heterocycles. The maximum Gasteiger partial charge on any atom is 0.259 e. The molecule has 2 aliphatic rings. The van der Waals surface area contributed by atoms with Crippen molar-refractivity contribution in [1.82, 2.24) is 9.80 Å². The molecule has 8 rings (SSSR count). The Labute approximate surface area is 408 Å². The SMILES string of the molecule is C[C@@](O)(C(=O)N1CCN(c2ccc(Cl)cc2Cl)[C@H](c2ccc(Cl)cc2)C1)c1ccccc1.C[C@@](O)(CN1CCN(c2ccc(Cl)cc2Cl)[C@H](c2ccc(Cl)cc2)C1)c1ccccc1.[B]. The van der Waals surface area contributed by atoms with E-state index in [2.05, 4.69) is 26.8 Å². The highest BCUT2D eigenvalue weighted by molar-refractivity contribution is 6.37. The summed E-state index contributed by atoms with van der Waals surface area (Å²) in [7, 11) is 0. The van der Waals surface area contributed by atoms with Crippen LogP contribution in [0.5, 0.6) is 0 Å². The summed E-state index contributed by atoms with van der Waals surface area (Å²) < 4.78 is 0. The van der Waals surface area contributed by atoms with Crippen molar-refractivity contribution in [3.05, 3.63) is 198 Å². The molecule has 2 N–H and O–H groups in total. The van der Waals surface area contributed by atoms with Crippen molar-refractivity contribution >= 4 is 95.3 Å². The molecule has 1 amide bonds. The van der Waals surface area contributed by atoms with E-state index in [1.807, 2.05) is 110 Å². The van der Waals surface area contributed by atoms with Gasteiger partial charge in [0.1, 0.15) is 0 Å². The minimum Gasteiger partial charge on any atom is -0.384 e. The number of benzene rings is 6. The summed E-state index contributed by atoms with van der Waals surface area (Å²) in [5.41, 5.74) is 2.88. The lowest BCUT2D eigenvalue weighted by Crippen LogP contribution is -2.55. The van der Waals surface area contributed by atoms with Crippen LogP contribution in [-0.4, -0.2) is 80.1 Å². The Morgan fingerprint density at radius 3 is 1.44 bits per heavy atom. The maximum atomic E-state index is 13.4. The zero-order valence-electron chi connectivity index (χ0n) is 35.4. The predicted octanol–water partition coefficient (Wildman–Crippen LogP) is 12.0. The smallest absolute Gasteiger partial charge is 0.259 e. The normalized spacial score (nSPS) is 18.5. The standard InChI is InChI=1S/C25H23Cl3N2O2.C25H25Cl3N2O.B/c1-25(32,18-5-3-2-4-6-18)24(31)29-13-14-30(22-12-11-20(27)15-21(22)28)23(16-29)17-7-9-19(26)10-8-17;1-25(31,19-5-3-2-4-6-19)17-29-13-14-30(23-12-11-21(27)15-22(23)28)24(16-29)18-7-9-20(26)10-8-18;/h2-12,15,23,32H,13-14,16H2,1H3;2-12,15,24,31H,13-14,16-17H2,1H3;/t23-,25-;24-,25+;/m00./s1. The van der Waals surface area contributed by atoms with Crippen molar-refractivity contribution in [3.63, 3.8) is 0 Å². The van der Waals surface area contributed by atoms with Gasteiger partial charge in [-0.2, -0.15) is 0 Å². The number of aliphatic hydroxyl groups is 2. The molecule has 6 aromatic carbocycles. The van der Waals surface area contributed by atoms with Crippen LogP contribution in [0.4, 0.5) is 11.4 Å². The van der Waals surface area contributed by atoms with Crippen molar-refractivity contribution in [2.75, 3.05) is 55.6 Å². The summed E-state index contributed by atoms with van der Waals surface area (Å²) in [4.78, 5) is 21.9. The molecule has 7 nitrogen and oxygen atoms in total. The molecular weight excluding hydrogens is 928 g/mol. The van der Waals surface area contributed by atoms with Gasteiger partial charge < -0.3 is 24.9 Å². The van der Waals surface area contributed by atoms with E-state index in [4.69, 9.17) is 69.6 Å². The second-order valence-electron chi connectivity index (χ2n) is 16.3. The fraction of sp³-hybridized carbons (Fsp3) is 0.260. The Kier molecular flexibility index (Phi) is 16.7. The Morgan fingerprint density at radius 1 is 0.547 bits per heavy atom. The number of hydrogen-bond acceptors (Lipinski definition) is 6. The molecule has 3 radical (unpaired) electrons. The van der Waals surface area contributed by atoms with E-state index in [9.17, 15) is 15.0 Å². The lowest BCUT2D eigenvalue weighted by molar-refractivity contribution is -0.151. The van der Waals surface area contributed by atoms with Gasteiger partial charge in [0.05, 0.1) is 39.1 Å². The van der Waals surface area contributed by atoms with Crippen LogP contribution in [0, 0.1) is 0 Å². The molecule has 64 heavy (non-hydrogen) atoms. The third-order valence-corrected chi connectivity index (χ3v) is 13.3. The highest BCUT2D eigenvalue weighted by Crippen LogP contribution is 2.40. The summed E-state index contributed by atoms with van der Waals surface area (Å²) in [6.45, 7) is 7.70. The van der Waals surface area contributed by atoms with E-state index in [-0.39, 0.29) is 26.4 Å². The maximum absolute atomic E-state index is 13.4. The second kappa shape index (κ2) is 21.6. The summed E-state index contributed by atoms with van der Waals surface area (Å²) in [6.07, 6.45) is 0. The molecule has 0 aliphatic carbocycles. The molecule has 4 atom stereocenters. The molecule has 2 fully saturated rings. The number of nitrogens with zero attached hydrogens (tertiary/aromatic N) is 4. The van der Waals surface area contributed by atoms with Gasteiger partial charge in [0, 0.05) is 74.3 Å². The molecule has 14 heteroatoms. The monoisotopic (exact) mass is 973 g/mol. The van der Waals surface area contributed by atoms with Crippen molar-refractivity contribution in [3.8, 4) is 0 Å². The van der Waals surface area contributed by atoms with E-state index in [1.54, 1.807) is 42.2 Å². The van der Waals surface area contributed by atoms with Gasteiger partial charge in [-0.05, 0) is 96.8 Å². The lowest BCUT2D eigenvalue weighted by atomic mass is 9.93. The van der Waals surface area contributed by atoms with Gasteiger partial charge in [-0.15, -0.1) is 0 Å². The van der Waals surface area contributed by atoms with E-state index in [0.717, 1.165) is 47.7 Å². The van der Waals surface area contributed by atoms with Crippen LogP contribution in [0.2, 0.25) is 30.1 Å². The summed E-state index contributed by atoms with van der Waals surface area (Å²) in [5.74, 6) is -0.329. The molecule has 2 saturated heterocycles. The van der Waals surface area contributed by atoms with Gasteiger partial charge in [-0.1, -0.05) is 155 Å². The Balaban J connectivity index is 0.000000209. The summed E-state index contributed by atoms with van der Waals surface area (Å²) in [6, 6.07) is 45.3. The number of anilines is 2. The molecule has 0 spiro atoms. The van der Waals surface area contributed by atoms with Gasteiger partial charge in [-0.3, -0.25) is 9.69 Å². The predicted molar refractivity (Wildman–Crippen MR) is 267 cm³/mol. The van der Waals surface area contributed by atoms with Gasteiger partial charge in [0.2, 0.25) is 0 Å². The molecule has 0 saturated carbocycles. The first-order valence-corrected chi connectivity index (χ1v) is 22.9. The molecule has 6 aromatic rings. The van der Waals surface area contributed by atoms with Gasteiger partial charge in [-0.25, -0.2) is 0 Å². The number of hydrogen-bond donors (Lipinski definition) is 2. The number of carbonyl (C=O) groups excluding carboxylic acids is 1. The van der Waals surface area contributed by atoms with Gasteiger partial charge in [0.25, 0.3) is 5.91 Å². The van der Waals surface area contributed by atoms with Crippen LogP contribution in [-0.2, 0) is 16.0 Å².